The van der Waals surface area contributed by atoms with Crippen molar-refractivity contribution < 1.29 is 4.79 Å². The van der Waals surface area contributed by atoms with E-state index >= 15 is 0 Å². The number of terminal acetylenes is 1. The van der Waals surface area contributed by atoms with Crippen molar-refractivity contribution in [3.05, 3.63) is 64.7 Å². The molecule has 0 radical (unpaired) electrons. The van der Waals surface area contributed by atoms with E-state index in [2.05, 4.69) is 24.7 Å². The van der Waals surface area contributed by atoms with Crippen LogP contribution in [0.1, 0.15) is 36.1 Å². The van der Waals surface area contributed by atoms with Crippen LogP contribution in [0.2, 0.25) is 0 Å². The quantitative estimate of drug-likeness (QED) is 0.609. The highest BCUT2D eigenvalue weighted by Crippen LogP contribution is 2.18. The van der Waals surface area contributed by atoms with Crippen LogP contribution in [0.25, 0.3) is 0 Å². The topological polar surface area (TPSA) is 17.1 Å². The van der Waals surface area contributed by atoms with Gasteiger partial charge in [0, 0.05) is 28.5 Å². The van der Waals surface area contributed by atoms with Gasteiger partial charge in [-0.1, -0.05) is 36.4 Å². The number of carbonyl (C=O) groups excluding carboxylic acids is 1. The third kappa shape index (κ3) is 4.29. The van der Waals surface area contributed by atoms with E-state index in [9.17, 15) is 4.79 Å². The maximum absolute atomic E-state index is 11.0. The van der Waals surface area contributed by atoms with Crippen molar-refractivity contribution in [1.82, 2.24) is 0 Å². The zero-order valence-electron chi connectivity index (χ0n) is 12.6. The summed E-state index contributed by atoms with van der Waals surface area (Å²) in [4.78, 5) is 12.0. The van der Waals surface area contributed by atoms with E-state index in [0.29, 0.717) is 0 Å². The van der Waals surface area contributed by atoms with Crippen LogP contribution in [0.4, 0.5) is 0 Å². The van der Waals surface area contributed by atoms with Gasteiger partial charge in [0.05, 0.1) is 0 Å². The van der Waals surface area contributed by atoms with Gasteiger partial charge < -0.3 is 0 Å². The van der Waals surface area contributed by atoms with Gasteiger partial charge in [0.15, 0.2) is 5.12 Å². The number of hydrogen-bond donors (Lipinski definition) is 0. The van der Waals surface area contributed by atoms with Gasteiger partial charge in [0.1, 0.15) is 0 Å². The van der Waals surface area contributed by atoms with E-state index in [4.69, 9.17) is 6.42 Å². The van der Waals surface area contributed by atoms with E-state index in [1.165, 1.54) is 11.8 Å². The largest absolute Gasteiger partial charge is 0.287 e. The molecule has 1 nitrogen and oxygen atoms in total. The molecule has 2 aromatic rings. The summed E-state index contributed by atoms with van der Waals surface area (Å²) in [5.41, 5.74) is 3.95. The molecule has 2 aromatic carbocycles. The minimum Gasteiger partial charge on any atom is -0.287 e. The van der Waals surface area contributed by atoms with Gasteiger partial charge in [-0.25, -0.2) is 0 Å². The Morgan fingerprint density at radius 1 is 1.09 bits per heavy atom. The van der Waals surface area contributed by atoms with Crippen LogP contribution in [0, 0.1) is 24.2 Å². The molecule has 0 aliphatic carbocycles. The molecule has 2 heteroatoms. The molecule has 0 saturated carbocycles. The van der Waals surface area contributed by atoms with E-state index < -0.39 is 0 Å². The fourth-order valence-electron chi connectivity index (χ4n) is 2.02. The van der Waals surface area contributed by atoms with Crippen molar-refractivity contribution >= 4 is 16.9 Å². The number of thioether (sulfide) groups is 1. The van der Waals surface area contributed by atoms with Crippen LogP contribution in [-0.2, 0) is 11.2 Å². The number of hydrogen-bond acceptors (Lipinski definition) is 2. The Labute approximate surface area is 136 Å². The average Bonchev–Trinajstić information content (AvgIpc) is 2.53. The third-order valence-electron chi connectivity index (χ3n) is 3.11. The second kappa shape index (κ2) is 7.55. The second-order valence-corrected chi connectivity index (χ2v) is 5.99. The monoisotopic (exact) mass is 304 g/mol. The van der Waals surface area contributed by atoms with E-state index in [-0.39, 0.29) is 5.12 Å². The lowest BCUT2D eigenvalue weighted by molar-refractivity contribution is -0.109. The Morgan fingerprint density at radius 3 is 2.32 bits per heavy atom. The number of carbonyl (C=O) groups is 1. The van der Waals surface area contributed by atoms with Crippen LogP contribution in [0.3, 0.4) is 0 Å². The zero-order chi connectivity index (χ0) is 15.9. The van der Waals surface area contributed by atoms with Gasteiger partial charge in [-0.3, -0.25) is 4.79 Å². The van der Waals surface area contributed by atoms with Crippen molar-refractivity contribution in [2.24, 2.45) is 0 Å². The molecule has 0 N–H and O–H groups in total. The summed E-state index contributed by atoms with van der Waals surface area (Å²) in [5, 5.41) is 0.0829. The molecule has 0 bridgehead atoms. The SMILES string of the molecule is C#Cc1ccc(C#Cc2ccc(SC(C)=O)cc2)cc1CC. The molecule has 0 heterocycles. The second-order valence-electron chi connectivity index (χ2n) is 4.74. The molecule has 0 unspecified atom stereocenters. The number of rotatable bonds is 2. The third-order valence-corrected chi connectivity index (χ3v) is 3.90. The van der Waals surface area contributed by atoms with Gasteiger partial charge in [-0.15, -0.1) is 6.42 Å². The Morgan fingerprint density at radius 2 is 1.73 bits per heavy atom. The minimum atomic E-state index is 0.0829. The fraction of sp³-hybridized carbons (Fsp3) is 0.150. The highest BCUT2D eigenvalue weighted by atomic mass is 32.2. The molecule has 0 atom stereocenters. The average molecular weight is 304 g/mol. The number of benzene rings is 2. The maximum Gasteiger partial charge on any atom is 0.190 e. The first-order valence-electron chi connectivity index (χ1n) is 7.02. The summed E-state index contributed by atoms with van der Waals surface area (Å²) in [6.45, 7) is 3.64. The van der Waals surface area contributed by atoms with Crippen molar-refractivity contribution in [3.63, 3.8) is 0 Å². The standard InChI is InChI=1S/C20H16OS/c1-4-18-11-8-17(14-19(18)5-2)7-6-16-9-12-20(13-10-16)22-15(3)21/h1,8-14H,5H2,2-3H3. The predicted molar refractivity (Wildman–Crippen MR) is 92.7 cm³/mol. The zero-order valence-corrected chi connectivity index (χ0v) is 13.5. The van der Waals surface area contributed by atoms with Crippen molar-refractivity contribution in [2.75, 3.05) is 0 Å². The van der Waals surface area contributed by atoms with Crippen LogP contribution >= 0.6 is 11.8 Å². The lowest BCUT2D eigenvalue weighted by atomic mass is 10.0. The molecule has 0 aliphatic rings. The van der Waals surface area contributed by atoms with Crippen LogP contribution in [-0.4, -0.2) is 5.12 Å². The van der Waals surface area contributed by atoms with Gasteiger partial charge in [0.25, 0.3) is 0 Å². The van der Waals surface area contributed by atoms with Crippen LogP contribution < -0.4 is 0 Å². The molecule has 0 spiro atoms. The summed E-state index contributed by atoms with van der Waals surface area (Å²) in [6.07, 6.45) is 6.37. The summed E-state index contributed by atoms with van der Waals surface area (Å²) in [7, 11) is 0. The molecular formula is C20H16OS. The summed E-state index contributed by atoms with van der Waals surface area (Å²) >= 11 is 1.22. The summed E-state index contributed by atoms with van der Waals surface area (Å²) < 4.78 is 0. The molecule has 2 rings (SSSR count). The Bertz CT molecular complexity index is 783. The Balaban J connectivity index is 2.20. The highest BCUT2D eigenvalue weighted by molar-refractivity contribution is 8.13. The van der Waals surface area contributed by atoms with E-state index in [1.807, 2.05) is 42.5 Å². The first kappa shape index (κ1) is 16.0. The van der Waals surface area contributed by atoms with Gasteiger partial charge in [0.2, 0.25) is 0 Å². The Kier molecular flexibility index (Phi) is 5.48. The molecule has 0 fully saturated rings. The van der Waals surface area contributed by atoms with Crippen molar-refractivity contribution in [2.45, 2.75) is 25.2 Å². The lowest BCUT2D eigenvalue weighted by Crippen LogP contribution is -1.88. The molecule has 0 aromatic heterocycles. The predicted octanol–water partition coefficient (Wildman–Crippen LogP) is 4.27. The molecule has 22 heavy (non-hydrogen) atoms. The van der Waals surface area contributed by atoms with Crippen LogP contribution in [0.5, 0.6) is 0 Å². The van der Waals surface area contributed by atoms with E-state index in [1.54, 1.807) is 6.92 Å². The van der Waals surface area contributed by atoms with Crippen molar-refractivity contribution in [1.29, 1.82) is 0 Å². The van der Waals surface area contributed by atoms with Crippen LogP contribution in [0.15, 0.2) is 47.4 Å². The maximum atomic E-state index is 11.0. The lowest BCUT2D eigenvalue weighted by Gasteiger charge is -2.01. The summed E-state index contributed by atoms with van der Waals surface area (Å²) in [5.74, 6) is 8.98. The first-order chi connectivity index (χ1) is 10.6. The van der Waals surface area contributed by atoms with E-state index in [0.717, 1.165) is 33.6 Å². The fourth-order valence-corrected chi connectivity index (χ4v) is 2.63. The minimum absolute atomic E-state index is 0.0829. The van der Waals surface area contributed by atoms with Gasteiger partial charge in [-0.2, -0.15) is 0 Å². The highest BCUT2D eigenvalue weighted by Gasteiger charge is 1.99. The first-order valence-corrected chi connectivity index (χ1v) is 7.84. The summed E-state index contributed by atoms with van der Waals surface area (Å²) in [6, 6.07) is 13.6. The molecule has 0 aliphatic heterocycles. The smallest absolute Gasteiger partial charge is 0.190 e. The normalized spacial score (nSPS) is 9.50. The molecule has 108 valence electrons. The Hall–Kier alpha value is -2.42. The number of aryl methyl sites for hydroxylation is 1. The molecule has 0 amide bonds. The molecule has 0 saturated heterocycles. The van der Waals surface area contributed by atoms with Gasteiger partial charge in [-0.05, 0) is 54.4 Å². The van der Waals surface area contributed by atoms with Crippen molar-refractivity contribution in [3.8, 4) is 24.2 Å². The molecular weight excluding hydrogens is 288 g/mol. The van der Waals surface area contributed by atoms with Gasteiger partial charge >= 0.3 is 0 Å².